The van der Waals surface area contributed by atoms with Crippen LogP contribution in [0.1, 0.15) is 29.7 Å². The Kier molecular flexibility index (Phi) is 4.91. The molecule has 0 bridgehead atoms. The van der Waals surface area contributed by atoms with Crippen molar-refractivity contribution in [3.63, 3.8) is 0 Å². The summed E-state index contributed by atoms with van der Waals surface area (Å²) in [5, 5.41) is 3.40. The summed E-state index contributed by atoms with van der Waals surface area (Å²) < 4.78 is 13.2. The summed E-state index contributed by atoms with van der Waals surface area (Å²) >= 11 is 0. The number of benzene rings is 2. The van der Waals surface area contributed by atoms with Gasteiger partial charge >= 0.3 is 0 Å². The molecule has 1 nitrogen and oxygen atoms in total. The summed E-state index contributed by atoms with van der Waals surface area (Å²) in [6.07, 6.45) is 0.937. The SMILES string of the molecule is CNC(c1ccccc1)C(C)Cc1ccc(F)cc1C. The second-order valence-corrected chi connectivity index (χ2v) is 5.43. The van der Waals surface area contributed by atoms with Gasteiger partial charge in [0.1, 0.15) is 5.82 Å². The van der Waals surface area contributed by atoms with E-state index < -0.39 is 0 Å². The van der Waals surface area contributed by atoms with Gasteiger partial charge in [-0.25, -0.2) is 4.39 Å². The van der Waals surface area contributed by atoms with Crippen molar-refractivity contribution >= 4 is 0 Å². The molecule has 0 saturated carbocycles. The average Bonchev–Trinajstić information content (AvgIpc) is 2.44. The second-order valence-electron chi connectivity index (χ2n) is 5.43. The zero-order valence-corrected chi connectivity index (χ0v) is 12.4. The Morgan fingerprint density at radius 3 is 2.40 bits per heavy atom. The number of halogens is 1. The molecule has 2 unspecified atom stereocenters. The third-order valence-electron chi connectivity index (χ3n) is 3.89. The van der Waals surface area contributed by atoms with E-state index in [2.05, 4.69) is 36.5 Å². The number of hydrogen-bond acceptors (Lipinski definition) is 1. The van der Waals surface area contributed by atoms with Gasteiger partial charge in [-0.05, 0) is 55.1 Å². The van der Waals surface area contributed by atoms with Gasteiger partial charge in [0.15, 0.2) is 0 Å². The molecule has 1 N–H and O–H groups in total. The van der Waals surface area contributed by atoms with Crippen LogP contribution < -0.4 is 5.32 Å². The molecule has 0 aliphatic carbocycles. The molecule has 2 aromatic rings. The predicted molar refractivity (Wildman–Crippen MR) is 82.2 cm³/mol. The van der Waals surface area contributed by atoms with Gasteiger partial charge < -0.3 is 5.32 Å². The summed E-state index contributed by atoms with van der Waals surface area (Å²) in [4.78, 5) is 0. The molecule has 106 valence electrons. The molecule has 0 aliphatic rings. The molecular formula is C18H22FN. The molecular weight excluding hydrogens is 249 g/mol. The van der Waals surface area contributed by atoms with Crippen LogP contribution in [-0.2, 0) is 6.42 Å². The summed E-state index contributed by atoms with van der Waals surface area (Å²) in [7, 11) is 1.99. The van der Waals surface area contributed by atoms with E-state index in [-0.39, 0.29) is 5.82 Å². The van der Waals surface area contributed by atoms with E-state index in [0.29, 0.717) is 12.0 Å². The van der Waals surface area contributed by atoms with Crippen LogP contribution in [0.3, 0.4) is 0 Å². The Labute approximate surface area is 120 Å². The highest BCUT2D eigenvalue weighted by Gasteiger charge is 2.18. The maximum Gasteiger partial charge on any atom is 0.123 e. The normalized spacial score (nSPS) is 14.0. The highest BCUT2D eigenvalue weighted by Crippen LogP contribution is 2.26. The fraction of sp³-hybridized carbons (Fsp3) is 0.333. The molecule has 20 heavy (non-hydrogen) atoms. The third-order valence-corrected chi connectivity index (χ3v) is 3.89. The molecule has 2 heteroatoms. The van der Waals surface area contributed by atoms with Gasteiger partial charge in [-0.3, -0.25) is 0 Å². The third kappa shape index (κ3) is 3.45. The van der Waals surface area contributed by atoms with Gasteiger partial charge in [-0.2, -0.15) is 0 Å². The van der Waals surface area contributed by atoms with E-state index in [1.165, 1.54) is 11.1 Å². The maximum atomic E-state index is 13.2. The van der Waals surface area contributed by atoms with Crippen molar-refractivity contribution in [2.75, 3.05) is 7.05 Å². The monoisotopic (exact) mass is 271 g/mol. The Bertz CT molecular complexity index is 551. The van der Waals surface area contributed by atoms with Crippen LogP contribution in [-0.4, -0.2) is 7.05 Å². The molecule has 2 atom stereocenters. The van der Waals surface area contributed by atoms with Crippen LogP contribution >= 0.6 is 0 Å². The van der Waals surface area contributed by atoms with Crippen molar-refractivity contribution in [2.45, 2.75) is 26.3 Å². The fourth-order valence-electron chi connectivity index (χ4n) is 2.79. The van der Waals surface area contributed by atoms with E-state index in [1.54, 1.807) is 12.1 Å². The van der Waals surface area contributed by atoms with Crippen molar-refractivity contribution in [1.82, 2.24) is 5.32 Å². The minimum atomic E-state index is -0.160. The zero-order chi connectivity index (χ0) is 14.5. The predicted octanol–water partition coefficient (Wildman–Crippen LogP) is 4.27. The molecule has 0 saturated heterocycles. The minimum absolute atomic E-state index is 0.160. The highest BCUT2D eigenvalue weighted by atomic mass is 19.1. The van der Waals surface area contributed by atoms with Crippen LogP contribution in [0, 0.1) is 18.7 Å². The van der Waals surface area contributed by atoms with Crippen LogP contribution in [0.5, 0.6) is 0 Å². The van der Waals surface area contributed by atoms with E-state index in [9.17, 15) is 4.39 Å². The van der Waals surface area contributed by atoms with Crippen molar-refractivity contribution in [3.05, 3.63) is 71.0 Å². The number of aryl methyl sites for hydroxylation is 1. The minimum Gasteiger partial charge on any atom is -0.313 e. The Morgan fingerprint density at radius 1 is 1.10 bits per heavy atom. The standard InChI is InChI=1S/C18H22FN/c1-13-12-17(19)10-9-16(13)11-14(2)18(20-3)15-7-5-4-6-8-15/h4-10,12,14,18,20H,11H2,1-3H3. The Morgan fingerprint density at radius 2 is 1.80 bits per heavy atom. The number of nitrogens with one attached hydrogen (secondary N) is 1. The lowest BCUT2D eigenvalue weighted by Gasteiger charge is -2.24. The molecule has 0 aliphatic heterocycles. The molecule has 0 amide bonds. The topological polar surface area (TPSA) is 12.0 Å². The molecule has 0 aromatic heterocycles. The van der Waals surface area contributed by atoms with Crippen molar-refractivity contribution in [1.29, 1.82) is 0 Å². The Hall–Kier alpha value is -1.67. The first kappa shape index (κ1) is 14.7. The average molecular weight is 271 g/mol. The number of rotatable bonds is 5. The second kappa shape index (κ2) is 6.67. The van der Waals surface area contributed by atoms with Gasteiger partial charge in [-0.1, -0.05) is 43.3 Å². The van der Waals surface area contributed by atoms with Gasteiger partial charge in [0.2, 0.25) is 0 Å². The van der Waals surface area contributed by atoms with Gasteiger partial charge in [0.25, 0.3) is 0 Å². The zero-order valence-electron chi connectivity index (χ0n) is 12.4. The Balaban J connectivity index is 2.15. The van der Waals surface area contributed by atoms with Crippen LogP contribution in [0.2, 0.25) is 0 Å². The largest absolute Gasteiger partial charge is 0.313 e. The molecule has 0 radical (unpaired) electrons. The molecule has 0 spiro atoms. The lowest BCUT2D eigenvalue weighted by atomic mass is 9.88. The van der Waals surface area contributed by atoms with Crippen molar-refractivity contribution in [2.24, 2.45) is 5.92 Å². The first-order valence-electron chi connectivity index (χ1n) is 7.09. The van der Waals surface area contributed by atoms with Gasteiger partial charge in [0, 0.05) is 6.04 Å². The highest BCUT2D eigenvalue weighted by molar-refractivity contribution is 5.28. The molecule has 0 heterocycles. The molecule has 0 fully saturated rings. The first-order valence-corrected chi connectivity index (χ1v) is 7.09. The van der Waals surface area contributed by atoms with E-state index in [4.69, 9.17) is 0 Å². The lowest BCUT2D eigenvalue weighted by Crippen LogP contribution is -2.25. The van der Waals surface area contributed by atoms with Crippen LogP contribution in [0.15, 0.2) is 48.5 Å². The van der Waals surface area contributed by atoms with Crippen LogP contribution in [0.4, 0.5) is 4.39 Å². The maximum absolute atomic E-state index is 13.2. The quantitative estimate of drug-likeness (QED) is 0.856. The summed E-state index contributed by atoms with van der Waals surface area (Å²) in [5.74, 6) is 0.277. The molecule has 2 rings (SSSR count). The lowest BCUT2D eigenvalue weighted by molar-refractivity contribution is 0.408. The molecule has 2 aromatic carbocycles. The van der Waals surface area contributed by atoms with Crippen molar-refractivity contribution in [3.8, 4) is 0 Å². The van der Waals surface area contributed by atoms with Gasteiger partial charge in [0.05, 0.1) is 0 Å². The number of hydrogen-bond donors (Lipinski definition) is 1. The van der Waals surface area contributed by atoms with E-state index in [1.807, 2.05) is 26.1 Å². The van der Waals surface area contributed by atoms with Crippen molar-refractivity contribution < 1.29 is 4.39 Å². The van der Waals surface area contributed by atoms with E-state index in [0.717, 1.165) is 12.0 Å². The fourth-order valence-corrected chi connectivity index (χ4v) is 2.79. The van der Waals surface area contributed by atoms with E-state index >= 15 is 0 Å². The van der Waals surface area contributed by atoms with Gasteiger partial charge in [-0.15, -0.1) is 0 Å². The summed E-state index contributed by atoms with van der Waals surface area (Å²) in [6.45, 7) is 4.21. The summed E-state index contributed by atoms with van der Waals surface area (Å²) in [6, 6.07) is 15.8. The summed E-state index contributed by atoms with van der Waals surface area (Å²) in [5.41, 5.74) is 3.54. The first-order chi connectivity index (χ1) is 9.61. The smallest absolute Gasteiger partial charge is 0.123 e. The van der Waals surface area contributed by atoms with Crippen LogP contribution in [0.25, 0.3) is 0 Å².